The molecule has 1 aromatic carbocycles. The second kappa shape index (κ2) is 8.57. The van der Waals surface area contributed by atoms with Crippen LogP contribution in [-0.2, 0) is 6.54 Å². The average Bonchev–Trinajstić information content (AvgIpc) is 3.45. The molecule has 0 saturated carbocycles. The predicted octanol–water partition coefficient (Wildman–Crippen LogP) is 4.55. The van der Waals surface area contributed by atoms with E-state index in [0.717, 1.165) is 23.7 Å². The Balaban J connectivity index is 1.42. The summed E-state index contributed by atoms with van der Waals surface area (Å²) in [7, 11) is 1.59. The number of benzene rings is 1. The summed E-state index contributed by atoms with van der Waals surface area (Å²) >= 11 is 0. The van der Waals surface area contributed by atoms with Crippen molar-refractivity contribution in [3.8, 4) is 11.6 Å². The minimum absolute atomic E-state index is 0.318. The summed E-state index contributed by atoms with van der Waals surface area (Å²) in [5.74, 6) is 0.402. The Labute approximate surface area is 189 Å². The molecule has 0 bridgehead atoms. The van der Waals surface area contributed by atoms with Crippen molar-refractivity contribution in [1.29, 1.82) is 0 Å². The lowest BCUT2D eigenvalue weighted by Crippen LogP contribution is -2.19. The molecule has 1 aliphatic heterocycles. The molecule has 7 nitrogen and oxygen atoms in total. The molecule has 0 amide bonds. The van der Waals surface area contributed by atoms with Gasteiger partial charge in [0.2, 0.25) is 0 Å². The van der Waals surface area contributed by atoms with Crippen molar-refractivity contribution in [2.45, 2.75) is 32.2 Å². The predicted molar refractivity (Wildman–Crippen MR) is 119 cm³/mol. The van der Waals surface area contributed by atoms with Crippen LogP contribution in [0.1, 0.15) is 47.2 Å². The quantitative estimate of drug-likeness (QED) is 0.448. The van der Waals surface area contributed by atoms with Gasteiger partial charge in [-0.25, -0.2) is 28.4 Å². The van der Waals surface area contributed by atoms with Gasteiger partial charge in [-0.15, -0.1) is 0 Å². The molecule has 0 unspecified atom stereocenters. The molecular weight excluding hydrogens is 426 g/mol. The Morgan fingerprint density at radius 1 is 1.18 bits per heavy atom. The zero-order chi connectivity index (χ0) is 22.9. The van der Waals surface area contributed by atoms with Crippen molar-refractivity contribution in [1.82, 2.24) is 29.3 Å². The number of imidazole rings is 1. The Morgan fingerprint density at radius 2 is 2.06 bits per heavy atom. The van der Waals surface area contributed by atoms with Crippen molar-refractivity contribution in [3.05, 3.63) is 83.1 Å². The smallest absolute Gasteiger partial charge is 0.180 e. The van der Waals surface area contributed by atoms with E-state index in [2.05, 4.69) is 20.1 Å². The fraction of sp³-hybridized carbons (Fsp3) is 0.250. The van der Waals surface area contributed by atoms with Gasteiger partial charge < -0.3 is 4.74 Å². The number of aryl methyl sites for hydroxylation is 2. The van der Waals surface area contributed by atoms with E-state index in [1.54, 1.807) is 41.0 Å². The van der Waals surface area contributed by atoms with Crippen LogP contribution in [0.3, 0.4) is 0 Å². The zero-order valence-electron chi connectivity index (χ0n) is 18.2. The fourth-order valence-corrected chi connectivity index (χ4v) is 4.12. The summed E-state index contributed by atoms with van der Waals surface area (Å²) in [6.07, 6.45) is 10.4. The van der Waals surface area contributed by atoms with Crippen LogP contribution in [0, 0.1) is 18.6 Å². The molecule has 0 fully saturated rings. The minimum atomic E-state index is -0.847. The summed E-state index contributed by atoms with van der Waals surface area (Å²) in [5.41, 5.74) is 2.01. The van der Waals surface area contributed by atoms with Crippen LogP contribution in [0.15, 0.2) is 43.0 Å². The maximum absolute atomic E-state index is 14.4. The third-order valence-electron chi connectivity index (χ3n) is 5.70. The van der Waals surface area contributed by atoms with E-state index < -0.39 is 11.6 Å². The van der Waals surface area contributed by atoms with Crippen LogP contribution >= 0.6 is 0 Å². The first-order valence-electron chi connectivity index (χ1n) is 10.6. The number of hydrogen-bond donors (Lipinski definition) is 0. The topological polar surface area (TPSA) is 70.7 Å². The number of nitrogens with zero attached hydrogens (tertiary/aromatic N) is 6. The Kier molecular flexibility index (Phi) is 5.45. The number of rotatable bonds is 5. The Bertz CT molecular complexity index is 1340. The molecule has 1 atom stereocenters. The largest absolute Gasteiger partial charge is 0.493 e. The molecular formula is C24H22F2N6O. The highest BCUT2D eigenvalue weighted by Gasteiger charge is 2.28. The highest BCUT2D eigenvalue weighted by Crippen LogP contribution is 2.34. The van der Waals surface area contributed by atoms with Crippen LogP contribution < -0.4 is 4.74 Å². The number of methoxy groups -OCH3 is 1. The van der Waals surface area contributed by atoms with E-state index in [1.807, 2.05) is 25.3 Å². The number of fused-ring (bicyclic) bond motifs is 1. The van der Waals surface area contributed by atoms with Gasteiger partial charge in [0.1, 0.15) is 12.2 Å². The number of aromatic nitrogens is 6. The van der Waals surface area contributed by atoms with Crippen LogP contribution in [0.25, 0.3) is 18.0 Å². The van der Waals surface area contributed by atoms with E-state index in [0.29, 0.717) is 41.7 Å². The molecule has 4 aromatic rings. The molecule has 0 spiro atoms. The fourth-order valence-electron chi connectivity index (χ4n) is 4.12. The first-order chi connectivity index (χ1) is 16.0. The average molecular weight is 448 g/mol. The summed E-state index contributed by atoms with van der Waals surface area (Å²) < 4.78 is 37.3. The van der Waals surface area contributed by atoms with E-state index in [-0.39, 0.29) is 5.92 Å². The van der Waals surface area contributed by atoms with E-state index in [9.17, 15) is 8.78 Å². The minimum Gasteiger partial charge on any atom is -0.493 e. The third kappa shape index (κ3) is 4.02. The molecule has 0 aliphatic carbocycles. The molecule has 33 heavy (non-hydrogen) atoms. The maximum Gasteiger partial charge on any atom is 0.180 e. The molecule has 168 valence electrons. The van der Waals surface area contributed by atoms with Crippen molar-refractivity contribution in [2.75, 3.05) is 7.11 Å². The van der Waals surface area contributed by atoms with Gasteiger partial charge >= 0.3 is 0 Å². The molecule has 4 heterocycles. The van der Waals surface area contributed by atoms with Crippen molar-refractivity contribution in [2.24, 2.45) is 0 Å². The maximum atomic E-state index is 14.4. The standard InChI is InChI=1S/C24H22F2N6O/c1-15-13-31(14-28-15)24-20(33-2)11-16(12-27-24)8-9-21-29-23-18(6-4-10-32(23)30-21)17-5-3-7-19(25)22(17)26/h3,5,7-9,11-14,18H,4,6,10H2,1-2H3/b9-8+/t18-/m0/s1. The highest BCUT2D eigenvalue weighted by atomic mass is 19.2. The summed E-state index contributed by atoms with van der Waals surface area (Å²) in [4.78, 5) is 13.3. The number of hydrogen-bond acceptors (Lipinski definition) is 5. The van der Waals surface area contributed by atoms with Crippen LogP contribution in [0.5, 0.6) is 5.75 Å². The summed E-state index contributed by atoms with van der Waals surface area (Å²) in [6, 6.07) is 6.14. The molecule has 9 heteroatoms. The van der Waals surface area contributed by atoms with E-state index in [1.165, 1.54) is 6.07 Å². The molecule has 0 radical (unpaired) electrons. The molecule has 0 saturated heterocycles. The lowest BCUT2D eigenvalue weighted by molar-refractivity contribution is 0.410. The van der Waals surface area contributed by atoms with Gasteiger partial charge in [-0.05, 0) is 49.6 Å². The zero-order valence-corrected chi connectivity index (χ0v) is 18.2. The van der Waals surface area contributed by atoms with Crippen molar-refractivity contribution in [3.63, 3.8) is 0 Å². The third-order valence-corrected chi connectivity index (χ3v) is 5.70. The van der Waals surface area contributed by atoms with E-state index >= 15 is 0 Å². The van der Waals surface area contributed by atoms with Crippen LogP contribution in [0.2, 0.25) is 0 Å². The number of ether oxygens (including phenoxy) is 1. The lowest BCUT2D eigenvalue weighted by atomic mass is 9.91. The van der Waals surface area contributed by atoms with Gasteiger partial charge in [-0.3, -0.25) is 4.57 Å². The van der Waals surface area contributed by atoms with Crippen LogP contribution in [-0.4, -0.2) is 36.4 Å². The van der Waals surface area contributed by atoms with Gasteiger partial charge in [0.05, 0.1) is 12.8 Å². The Hall–Kier alpha value is -3.88. The first-order valence-corrected chi connectivity index (χ1v) is 10.6. The SMILES string of the molecule is COc1cc(/C=C/c2nc3n(n2)CCC[C@H]3c2cccc(F)c2F)cnc1-n1cnc(C)c1. The molecule has 0 N–H and O–H groups in total. The summed E-state index contributed by atoms with van der Waals surface area (Å²) in [6.45, 7) is 2.60. The molecule has 3 aromatic heterocycles. The normalized spacial score (nSPS) is 15.7. The number of halogens is 2. The second-order valence-corrected chi connectivity index (χ2v) is 7.94. The van der Waals surface area contributed by atoms with Crippen molar-refractivity contribution < 1.29 is 13.5 Å². The van der Waals surface area contributed by atoms with Gasteiger partial charge in [0, 0.05) is 30.4 Å². The van der Waals surface area contributed by atoms with Gasteiger partial charge in [-0.2, -0.15) is 5.10 Å². The lowest BCUT2D eigenvalue weighted by Gasteiger charge is -2.22. The molecule has 5 rings (SSSR count). The summed E-state index contributed by atoms with van der Waals surface area (Å²) in [5, 5.41) is 4.54. The highest BCUT2D eigenvalue weighted by molar-refractivity contribution is 5.67. The van der Waals surface area contributed by atoms with Gasteiger partial charge in [0.25, 0.3) is 0 Å². The molecule has 1 aliphatic rings. The van der Waals surface area contributed by atoms with Gasteiger partial charge in [-0.1, -0.05) is 12.1 Å². The van der Waals surface area contributed by atoms with E-state index in [4.69, 9.17) is 4.74 Å². The van der Waals surface area contributed by atoms with Crippen molar-refractivity contribution >= 4 is 12.2 Å². The monoisotopic (exact) mass is 448 g/mol. The van der Waals surface area contributed by atoms with Crippen LogP contribution in [0.4, 0.5) is 8.78 Å². The second-order valence-electron chi connectivity index (χ2n) is 7.94. The number of pyridine rings is 1. The Morgan fingerprint density at radius 3 is 2.85 bits per heavy atom. The first kappa shape index (κ1) is 21.0. The van der Waals surface area contributed by atoms with Gasteiger partial charge in [0.15, 0.2) is 29.0 Å².